The molecular weight excluding hydrogens is 516 g/mol. The van der Waals surface area contributed by atoms with Crippen molar-refractivity contribution in [2.45, 2.75) is 25.7 Å². The fraction of sp³-hybridized carbons (Fsp3) is 0.267. The maximum Gasteiger partial charge on any atom is 0.269 e. The van der Waals surface area contributed by atoms with Crippen molar-refractivity contribution in [3.05, 3.63) is 92.6 Å². The van der Waals surface area contributed by atoms with Gasteiger partial charge in [-0.2, -0.15) is 0 Å². The number of carbonyl (C=O) groups excluding carboxylic acids is 4. The minimum Gasteiger partial charge on any atom is -0.504 e. The van der Waals surface area contributed by atoms with Crippen LogP contribution in [0.1, 0.15) is 31.2 Å². The number of ketones is 2. The van der Waals surface area contributed by atoms with Gasteiger partial charge in [0.2, 0.25) is 11.8 Å². The van der Waals surface area contributed by atoms with Gasteiger partial charge in [-0.05, 0) is 50.0 Å². The monoisotopic (exact) mass is 540 g/mol. The summed E-state index contributed by atoms with van der Waals surface area (Å²) in [6.07, 6.45) is 3.48. The number of nitro groups is 1. The molecule has 1 N–H and O–H groups in total. The molecule has 4 aliphatic rings. The van der Waals surface area contributed by atoms with Crippen LogP contribution in [-0.2, 0) is 19.2 Å². The molecule has 2 amide bonds. The topological polar surface area (TPSA) is 144 Å². The second kappa shape index (κ2) is 9.11. The number of Topliss-reactive ketones (excluding diaryl/α,β-unsaturated/α-hetero) is 1. The van der Waals surface area contributed by atoms with E-state index in [2.05, 4.69) is 0 Å². The van der Waals surface area contributed by atoms with Crippen LogP contribution in [0.15, 0.2) is 76.9 Å². The highest BCUT2D eigenvalue weighted by molar-refractivity contribution is 6.25. The number of ether oxygens (including phenoxy) is 1. The third-order valence-electron chi connectivity index (χ3n) is 8.44. The van der Waals surface area contributed by atoms with E-state index >= 15 is 0 Å². The number of non-ortho nitro benzene ring substituents is 1. The molecule has 40 heavy (non-hydrogen) atoms. The van der Waals surface area contributed by atoms with Gasteiger partial charge in [-0.1, -0.05) is 23.8 Å². The number of imide groups is 1. The van der Waals surface area contributed by atoms with Gasteiger partial charge in [0.25, 0.3) is 5.69 Å². The number of hydrogen-bond donors (Lipinski definition) is 1. The van der Waals surface area contributed by atoms with Crippen molar-refractivity contribution in [1.29, 1.82) is 0 Å². The van der Waals surface area contributed by atoms with E-state index in [1.807, 2.05) is 6.08 Å². The molecular formula is C30H24N2O8. The SMILES string of the molecule is COc1cccc([C@H]2C3=CC[C@@H]4C(=O)N(c5ccc([N+](=O)[O-])cc5)C(=O)[C@@H]4[C@@H]3CC3=C2C(=O)C(C)=CC3=O)c1O. The van der Waals surface area contributed by atoms with Crippen LogP contribution in [0.2, 0.25) is 0 Å². The van der Waals surface area contributed by atoms with Gasteiger partial charge in [-0.15, -0.1) is 0 Å². The van der Waals surface area contributed by atoms with E-state index < -0.39 is 40.4 Å². The van der Waals surface area contributed by atoms with Crippen molar-refractivity contribution < 1.29 is 33.9 Å². The highest BCUT2D eigenvalue weighted by atomic mass is 16.6. The summed E-state index contributed by atoms with van der Waals surface area (Å²) in [6, 6.07) is 10.1. The Bertz CT molecular complexity index is 1630. The van der Waals surface area contributed by atoms with Crippen LogP contribution in [0.5, 0.6) is 11.5 Å². The van der Waals surface area contributed by atoms with Gasteiger partial charge in [0.1, 0.15) is 0 Å². The van der Waals surface area contributed by atoms with Crippen LogP contribution >= 0.6 is 0 Å². The zero-order valence-corrected chi connectivity index (χ0v) is 21.6. The van der Waals surface area contributed by atoms with Gasteiger partial charge in [0.05, 0.1) is 29.6 Å². The summed E-state index contributed by atoms with van der Waals surface area (Å²) in [4.78, 5) is 65.7. The summed E-state index contributed by atoms with van der Waals surface area (Å²) < 4.78 is 5.31. The minimum atomic E-state index is -0.804. The Labute approximate surface area is 228 Å². The quantitative estimate of drug-likeness (QED) is 0.202. The number of phenols is 1. The Kier molecular flexibility index (Phi) is 5.79. The van der Waals surface area contributed by atoms with Gasteiger partial charge in [-0.25, -0.2) is 0 Å². The van der Waals surface area contributed by atoms with E-state index in [1.54, 1.807) is 25.1 Å². The minimum absolute atomic E-state index is 0.102. The first-order valence-electron chi connectivity index (χ1n) is 12.8. The predicted molar refractivity (Wildman–Crippen MR) is 142 cm³/mol. The molecule has 1 heterocycles. The number of nitro benzene ring substituents is 1. The Balaban J connectivity index is 1.47. The van der Waals surface area contributed by atoms with Gasteiger partial charge < -0.3 is 9.84 Å². The summed E-state index contributed by atoms with van der Waals surface area (Å²) in [5.74, 6) is -4.34. The molecule has 0 bridgehead atoms. The number of aromatic hydroxyl groups is 1. The Morgan fingerprint density at radius 1 is 1.02 bits per heavy atom. The van der Waals surface area contributed by atoms with Crippen molar-refractivity contribution in [1.82, 2.24) is 0 Å². The number of phenolic OH excluding ortho intramolecular Hbond substituents is 1. The van der Waals surface area contributed by atoms with Crippen molar-refractivity contribution >= 4 is 34.8 Å². The predicted octanol–water partition coefficient (Wildman–Crippen LogP) is 3.94. The van der Waals surface area contributed by atoms with E-state index in [-0.39, 0.29) is 58.4 Å². The number of para-hydroxylation sites is 1. The molecule has 6 rings (SSSR count). The van der Waals surface area contributed by atoms with Gasteiger partial charge in [0, 0.05) is 40.3 Å². The van der Waals surface area contributed by atoms with Crippen molar-refractivity contribution in [2.75, 3.05) is 12.0 Å². The smallest absolute Gasteiger partial charge is 0.269 e. The molecule has 202 valence electrons. The number of fused-ring (bicyclic) bond motifs is 3. The van der Waals surface area contributed by atoms with Crippen molar-refractivity contribution in [3.63, 3.8) is 0 Å². The van der Waals surface area contributed by atoms with Gasteiger partial charge in [0.15, 0.2) is 23.1 Å². The molecule has 0 aromatic heterocycles. The standard InChI is InChI=1S/C30H24N2O8/c1-14-12-22(33)21-13-20-17(24(26(21)27(14)34)18-4-3-5-23(40-2)28(18)35)10-11-19-25(20)30(37)31(29(19)36)15-6-8-16(9-7-15)32(38)39/h3-10,12,19-20,24-25,35H,11,13H2,1-2H3/t19-,20+,24+,25-/m0/s1. The number of anilines is 1. The third kappa shape index (κ3) is 3.55. The molecule has 10 heteroatoms. The molecule has 1 aliphatic heterocycles. The largest absolute Gasteiger partial charge is 0.504 e. The Hall–Kier alpha value is -4.86. The van der Waals surface area contributed by atoms with Crippen LogP contribution in [0.25, 0.3) is 0 Å². The number of rotatable bonds is 4. The first-order chi connectivity index (χ1) is 19.1. The zero-order valence-electron chi connectivity index (χ0n) is 21.6. The number of amides is 2. The first-order valence-corrected chi connectivity index (χ1v) is 12.8. The van der Waals surface area contributed by atoms with Crippen LogP contribution in [0.4, 0.5) is 11.4 Å². The average Bonchev–Trinajstić information content (AvgIpc) is 3.20. The molecule has 0 spiro atoms. The van der Waals surface area contributed by atoms with Gasteiger partial charge >= 0.3 is 0 Å². The lowest BCUT2D eigenvalue weighted by Crippen LogP contribution is -2.39. The van der Waals surface area contributed by atoms with E-state index in [1.165, 1.54) is 37.5 Å². The Morgan fingerprint density at radius 3 is 2.42 bits per heavy atom. The van der Waals surface area contributed by atoms with E-state index in [0.717, 1.165) is 4.90 Å². The Morgan fingerprint density at radius 2 is 1.75 bits per heavy atom. The molecule has 1 fully saturated rings. The van der Waals surface area contributed by atoms with Crippen LogP contribution < -0.4 is 9.64 Å². The van der Waals surface area contributed by atoms with E-state index in [4.69, 9.17) is 4.74 Å². The summed E-state index contributed by atoms with van der Waals surface area (Å²) in [5.41, 5.74) is 1.99. The lowest BCUT2D eigenvalue weighted by atomic mass is 9.59. The molecule has 4 atom stereocenters. The molecule has 0 radical (unpaired) electrons. The zero-order chi connectivity index (χ0) is 28.5. The van der Waals surface area contributed by atoms with E-state index in [0.29, 0.717) is 16.7 Å². The third-order valence-corrected chi connectivity index (χ3v) is 8.44. The summed E-state index contributed by atoms with van der Waals surface area (Å²) in [6.45, 7) is 1.57. The molecule has 10 nitrogen and oxygen atoms in total. The maximum absolute atomic E-state index is 13.9. The molecule has 0 unspecified atom stereocenters. The molecule has 2 aromatic carbocycles. The van der Waals surface area contributed by atoms with Crippen LogP contribution in [-0.4, -0.2) is 40.5 Å². The normalized spacial score (nSPS) is 25.7. The maximum atomic E-state index is 13.9. The number of carbonyl (C=O) groups is 4. The number of benzene rings is 2. The van der Waals surface area contributed by atoms with Gasteiger partial charge in [-0.3, -0.25) is 34.2 Å². The number of hydrogen-bond acceptors (Lipinski definition) is 8. The fourth-order valence-corrected chi connectivity index (χ4v) is 6.63. The second-order valence-electron chi connectivity index (χ2n) is 10.4. The first kappa shape index (κ1) is 25.4. The highest BCUT2D eigenvalue weighted by Gasteiger charge is 2.57. The number of methoxy groups -OCH3 is 1. The molecule has 1 saturated heterocycles. The van der Waals surface area contributed by atoms with Crippen molar-refractivity contribution in [3.8, 4) is 11.5 Å². The average molecular weight is 541 g/mol. The van der Waals surface area contributed by atoms with E-state index in [9.17, 15) is 34.4 Å². The summed E-state index contributed by atoms with van der Waals surface area (Å²) >= 11 is 0. The molecule has 0 saturated carbocycles. The summed E-state index contributed by atoms with van der Waals surface area (Å²) in [7, 11) is 1.41. The van der Waals surface area contributed by atoms with Crippen LogP contribution in [0, 0.1) is 27.9 Å². The van der Waals surface area contributed by atoms with Crippen molar-refractivity contribution in [2.24, 2.45) is 17.8 Å². The fourth-order valence-electron chi connectivity index (χ4n) is 6.63. The lowest BCUT2D eigenvalue weighted by molar-refractivity contribution is -0.384. The molecule has 3 aliphatic carbocycles. The van der Waals surface area contributed by atoms with Crippen LogP contribution in [0.3, 0.4) is 0 Å². The summed E-state index contributed by atoms with van der Waals surface area (Å²) in [5, 5.41) is 22.2. The lowest BCUT2D eigenvalue weighted by Gasteiger charge is -2.42. The second-order valence-corrected chi connectivity index (χ2v) is 10.4. The number of allylic oxidation sites excluding steroid dienone is 6. The molecule has 2 aromatic rings. The highest BCUT2D eigenvalue weighted by Crippen LogP contribution is 2.57. The number of nitrogens with zero attached hydrogens (tertiary/aromatic N) is 2.